The molecule has 7 heteroatoms. The van der Waals surface area contributed by atoms with Crippen LogP contribution in [0, 0.1) is 17.2 Å². The van der Waals surface area contributed by atoms with E-state index in [9.17, 15) is 8.42 Å². The number of benzene rings is 1. The molecule has 0 amide bonds. The van der Waals surface area contributed by atoms with Gasteiger partial charge < -0.3 is 5.32 Å². The highest BCUT2D eigenvalue weighted by atomic mass is 79.9. The lowest BCUT2D eigenvalue weighted by Gasteiger charge is -2.31. The molecule has 22 heavy (non-hydrogen) atoms. The molecule has 1 aromatic rings. The van der Waals surface area contributed by atoms with Gasteiger partial charge in [0, 0.05) is 17.6 Å². The zero-order valence-corrected chi connectivity index (χ0v) is 15.0. The molecular weight excluding hydrogens is 366 g/mol. The summed E-state index contributed by atoms with van der Waals surface area (Å²) in [7, 11) is -3.53. The monoisotopic (exact) mass is 385 g/mol. The van der Waals surface area contributed by atoms with Crippen LogP contribution in [0.5, 0.6) is 0 Å². The first-order chi connectivity index (χ1) is 10.5. The Labute approximate surface area is 140 Å². The highest BCUT2D eigenvalue weighted by Gasteiger charge is 2.29. The number of nitriles is 1. The van der Waals surface area contributed by atoms with Gasteiger partial charge in [0.25, 0.3) is 0 Å². The molecule has 0 aliphatic carbocycles. The van der Waals surface area contributed by atoms with Crippen molar-refractivity contribution in [1.29, 1.82) is 5.26 Å². The SMILES string of the molecule is CCNCC1CCN(S(=O)(=O)c2cc(Br)cc(C#N)c2)CC1. The molecule has 0 radical (unpaired) electrons. The lowest BCUT2D eigenvalue weighted by molar-refractivity contribution is 0.268. The molecule has 120 valence electrons. The Morgan fingerprint density at radius 3 is 2.64 bits per heavy atom. The fourth-order valence-corrected chi connectivity index (χ4v) is 4.81. The normalized spacial score (nSPS) is 17.3. The topological polar surface area (TPSA) is 73.2 Å². The van der Waals surface area contributed by atoms with Gasteiger partial charge in [-0.1, -0.05) is 22.9 Å². The first-order valence-electron chi connectivity index (χ1n) is 7.39. The molecule has 1 aliphatic rings. The molecule has 0 atom stereocenters. The minimum Gasteiger partial charge on any atom is -0.317 e. The first-order valence-corrected chi connectivity index (χ1v) is 9.62. The summed E-state index contributed by atoms with van der Waals surface area (Å²) >= 11 is 3.27. The number of hydrogen-bond donors (Lipinski definition) is 1. The fraction of sp³-hybridized carbons (Fsp3) is 0.533. The van der Waals surface area contributed by atoms with E-state index >= 15 is 0 Å². The molecule has 5 nitrogen and oxygen atoms in total. The van der Waals surface area contributed by atoms with Crippen LogP contribution in [0.3, 0.4) is 0 Å². The van der Waals surface area contributed by atoms with Gasteiger partial charge in [0.1, 0.15) is 0 Å². The molecule has 2 rings (SSSR count). The average Bonchev–Trinajstić information content (AvgIpc) is 2.52. The van der Waals surface area contributed by atoms with E-state index in [1.165, 1.54) is 10.4 Å². The first kappa shape index (κ1) is 17.4. The van der Waals surface area contributed by atoms with Gasteiger partial charge in [-0.15, -0.1) is 0 Å². The Morgan fingerprint density at radius 2 is 2.05 bits per heavy atom. The van der Waals surface area contributed by atoms with E-state index in [2.05, 4.69) is 28.2 Å². The maximum atomic E-state index is 12.7. The standard InChI is InChI=1S/C15H20BrN3O2S/c1-2-18-11-12-3-5-19(6-4-12)22(20,21)15-8-13(10-17)7-14(16)9-15/h7-9,12,18H,2-6,11H2,1H3. The Hall–Kier alpha value is -0.940. The summed E-state index contributed by atoms with van der Waals surface area (Å²) in [5.74, 6) is 0.531. The van der Waals surface area contributed by atoms with Crippen LogP contribution in [0.1, 0.15) is 25.3 Å². The molecule has 0 aromatic heterocycles. The van der Waals surface area contributed by atoms with E-state index in [1.54, 1.807) is 12.1 Å². The number of nitrogens with one attached hydrogen (secondary N) is 1. The van der Waals surface area contributed by atoms with E-state index in [-0.39, 0.29) is 4.90 Å². The maximum absolute atomic E-state index is 12.7. The van der Waals surface area contributed by atoms with Crippen LogP contribution >= 0.6 is 15.9 Å². The van der Waals surface area contributed by atoms with Crippen molar-refractivity contribution >= 4 is 26.0 Å². The molecule has 0 saturated carbocycles. The van der Waals surface area contributed by atoms with Crippen molar-refractivity contribution in [3.05, 3.63) is 28.2 Å². The van der Waals surface area contributed by atoms with Gasteiger partial charge >= 0.3 is 0 Å². The van der Waals surface area contributed by atoms with Crippen molar-refractivity contribution < 1.29 is 8.42 Å². The van der Waals surface area contributed by atoms with Crippen molar-refractivity contribution in [2.45, 2.75) is 24.7 Å². The van der Waals surface area contributed by atoms with Crippen molar-refractivity contribution in [1.82, 2.24) is 9.62 Å². The van der Waals surface area contributed by atoms with Gasteiger partial charge in [-0.2, -0.15) is 9.57 Å². The number of nitrogens with zero attached hydrogens (tertiary/aromatic N) is 2. The molecule has 1 saturated heterocycles. The molecule has 0 unspecified atom stereocenters. The van der Waals surface area contributed by atoms with Gasteiger partial charge in [0.2, 0.25) is 10.0 Å². The predicted molar refractivity (Wildman–Crippen MR) is 88.9 cm³/mol. The van der Waals surface area contributed by atoms with Gasteiger partial charge in [-0.05, 0) is 50.0 Å². The van der Waals surface area contributed by atoms with Gasteiger partial charge in [-0.3, -0.25) is 0 Å². The zero-order valence-electron chi connectivity index (χ0n) is 12.5. The van der Waals surface area contributed by atoms with E-state index in [0.29, 0.717) is 29.0 Å². The Morgan fingerprint density at radius 1 is 1.36 bits per heavy atom. The minimum absolute atomic E-state index is 0.184. The molecule has 1 aromatic carbocycles. The number of piperidine rings is 1. The molecule has 0 bridgehead atoms. The lowest BCUT2D eigenvalue weighted by Crippen LogP contribution is -2.40. The molecule has 1 heterocycles. The summed E-state index contributed by atoms with van der Waals surface area (Å²) < 4.78 is 27.5. The minimum atomic E-state index is -3.53. The van der Waals surface area contributed by atoms with Crippen LogP contribution in [-0.4, -0.2) is 38.9 Å². The summed E-state index contributed by atoms with van der Waals surface area (Å²) in [6, 6.07) is 6.60. The summed E-state index contributed by atoms with van der Waals surface area (Å²) in [6.07, 6.45) is 1.73. The third-order valence-corrected chi connectivity index (χ3v) is 6.23. The van der Waals surface area contributed by atoms with Crippen molar-refractivity contribution in [3.8, 4) is 6.07 Å². The fourth-order valence-electron chi connectivity index (χ4n) is 2.63. The van der Waals surface area contributed by atoms with Crippen molar-refractivity contribution in [2.75, 3.05) is 26.2 Å². The maximum Gasteiger partial charge on any atom is 0.243 e. The summed E-state index contributed by atoms with van der Waals surface area (Å²) in [6.45, 7) is 5.02. The van der Waals surface area contributed by atoms with Gasteiger partial charge in [-0.25, -0.2) is 8.42 Å². The van der Waals surface area contributed by atoms with E-state index in [0.717, 1.165) is 25.9 Å². The highest BCUT2D eigenvalue weighted by Crippen LogP contribution is 2.26. The molecule has 1 N–H and O–H groups in total. The number of hydrogen-bond acceptors (Lipinski definition) is 4. The molecule has 0 spiro atoms. The third kappa shape index (κ3) is 4.07. The Bertz CT molecular complexity index is 662. The van der Waals surface area contributed by atoms with Crippen LogP contribution < -0.4 is 5.32 Å². The second kappa shape index (κ2) is 7.55. The van der Waals surface area contributed by atoms with Crippen molar-refractivity contribution in [2.24, 2.45) is 5.92 Å². The molecular formula is C15H20BrN3O2S. The van der Waals surface area contributed by atoms with E-state index in [4.69, 9.17) is 5.26 Å². The van der Waals surface area contributed by atoms with Gasteiger partial charge in [0.15, 0.2) is 0 Å². The predicted octanol–water partition coefficient (Wildman–Crippen LogP) is 2.33. The second-order valence-corrected chi connectivity index (χ2v) is 8.30. The average molecular weight is 386 g/mol. The largest absolute Gasteiger partial charge is 0.317 e. The van der Waals surface area contributed by atoms with Crippen LogP contribution in [-0.2, 0) is 10.0 Å². The van der Waals surface area contributed by atoms with Crippen LogP contribution in [0.4, 0.5) is 0 Å². The second-order valence-electron chi connectivity index (χ2n) is 5.44. The highest BCUT2D eigenvalue weighted by molar-refractivity contribution is 9.10. The third-order valence-electron chi connectivity index (χ3n) is 3.89. The molecule has 1 fully saturated rings. The molecule has 1 aliphatic heterocycles. The zero-order chi connectivity index (χ0) is 16.2. The number of sulfonamides is 1. The summed E-state index contributed by atoms with van der Waals surface area (Å²) in [5.41, 5.74) is 0.343. The van der Waals surface area contributed by atoms with Crippen LogP contribution in [0.15, 0.2) is 27.6 Å². The van der Waals surface area contributed by atoms with Gasteiger partial charge in [0.05, 0.1) is 16.5 Å². The quantitative estimate of drug-likeness (QED) is 0.843. The number of rotatable bonds is 5. The van der Waals surface area contributed by atoms with Crippen LogP contribution in [0.2, 0.25) is 0 Å². The smallest absolute Gasteiger partial charge is 0.243 e. The van der Waals surface area contributed by atoms with Crippen LogP contribution in [0.25, 0.3) is 0 Å². The number of halogens is 1. The summed E-state index contributed by atoms with van der Waals surface area (Å²) in [5, 5.41) is 12.3. The van der Waals surface area contributed by atoms with Crippen molar-refractivity contribution in [3.63, 3.8) is 0 Å². The summed E-state index contributed by atoms with van der Waals surface area (Å²) in [4.78, 5) is 0.184. The van der Waals surface area contributed by atoms with E-state index < -0.39 is 10.0 Å². The Kier molecular flexibility index (Phi) is 5.98. The Balaban J connectivity index is 2.12. The van der Waals surface area contributed by atoms with E-state index in [1.807, 2.05) is 6.07 Å². The lowest BCUT2D eigenvalue weighted by atomic mass is 9.98.